The van der Waals surface area contributed by atoms with Gasteiger partial charge in [-0.1, -0.05) is 42.5 Å². The number of hydrogen-bond donors (Lipinski definition) is 3. The van der Waals surface area contributed by atoms with Gasteiger partial charge in [0.1, 0.15) is 6.10 Å². The average molecular weight is 402 g/mol. The lowest BCUT2D eigenvalue weighted by Gasteiger charge is -2.21. The van der Waals surface area contributed by atoms with Crippen molar-refractivity contribution in [2.75, 3.05) is 13.2 Å². The van der Waals surface area contributed by atoms with Crippen molar-refractivity contribution in [1.29, 1.82) is 0 Å². The van der Waals surface area contributed by atoms with Gasteiger partial charge < -0.3 is 20.5 Å². The summed E-state index contributed by atoms with van der Waals surface area (Å²) in [5, 5.41) is 14.6. The number of allylic oxidation sites excluding steroid dienone is 2. The van der Waals surface area contributed by atoms with Gasteiger partial charge in [-0.05, 0) is 31.7 Å². The minimum atomic E-state index is -0.578. The highest BCUT2D eigenvalue weighted by atomic mass is 16.5. The maximum Gasteiger partial charge on any atom is 0.306 e. The van der Waals surface area contributed by atoms with Crippen LogP contribution in [-0.2, 0) is 19.1 Å². The molecule has 29 heavy (non-hydrogen) atoms. The highest BCUT2D eigenvalue weighted by Crippen LogP contribution is 2.19. The first kappa shape index (κ1) is 22.6. The monoisotopic (exact) mass is 402 g/mol. The van der Waals surface area contributed by atoms with E-state index in [4.69, 9.17) is 9.84 Å². The van der Waals surface area contributed by atoms with Crippen LogP contribution in [0, 0.1) is 5.92 Å². The highest BCUT2D eigenvalue weighted by Gasteiger charge is 2.24. The maximum atomic E-state index is 12.8. The van der Waals surface area contributed by atoms with Crippen LogP contribution < -0.4 is 10.6 Å². The number of aliphatic hydroxyl groups excluding tert-OH is 1. The van der Waals surface area contributed by atoms with E-state index in [9.17, 15) is 14.4 Å². The Morgan fingerprint density at radius 3 is 2.76 bits per heavy atom. The summed E-state index contributed by atoms with van der Waals surface area (Å²) in [6, 6.07) is 8.92. The lowest BCUT2D eigenvalue weighted by atomic mass is 9.98. The Labute approximate surface area is 171 Å². The predicted molar refractivity (Wildman–Crippen MR) is 109 cm³/mol. The number of cyclic esters (lactones) is 1. The second-order valence-corrected chi connectivity index (χ2v) is 7.29. The van der Waals surface area contributed by atoms with Gasteiger partial charge in [0.05, 0.1) is 19.1 Å². The minimum Gasteiger partial charge on any atom is -0.456 e. The van der Waals surface area contributed by atoms with E-state index in [2.05, 4.69) is 10.6 Å². The van der Waals surface area contributed by atoms with Gasteiger partial charge in [0.2, 0.25) is 11.8 Å². The smallest absolute Gasteiger partial charge is 0.306 e. The van der Waals surface area contributed by atoms with Gasteiger partial charge in [0.25, 0.3) is 0 Å². The molecular weight excluding hydrogens is 372 g/mol. The van der Waals surface area contributed by atoms with E-state index in [0.717, 1.165) is 5.56 Å². The molecule has 0 saturated carbocycles. The number of nitrogens with one attached hydrogen (secondary N) is 2. The van der Waals surface area contributed by atoms with Gasteiger partial charge >= 0.3 is 5.97 Å². The van der Waals surface area contributed by atoms with Crippen LogP contribution in [0.1, 0.15) is 50.7 Å². The number of esters is 1. The quantitative estimate of drug-likeness (QED) is 0.516. The molecule has 0 aromatic heterocycles. The number of rotatable bonds is 5. The second kappa shape index (κ2) is 12.0. The van der Waals surface area contributed by atoms with Crippen molar-refractivity contribution in [2.45, 2.75) is 51.2 Å². The normalized spacial score (nSPS) is 22.3. The van der Waals surface area contributed by atoms with Gasteiger partial charge in [-0.25, -0.2) is 0 Å². The lowest BCUT2D eigenvalue weighted by Crippen LogP contribution is -2.40. The van der Waals surface area contributed by atoms with Crippen LogP contribution in [0.4, 0.5) is 0 Å². The van der Waals surface area contributed by atoms with Crippen molar-refractivity contribution in [3.63, 3.8) is 0 Å². The fourth-order valence-electron chi connectivity index (χ4n) is 3.08. The fourth-order valence-corrected chi connectivity index (χ4v) is 3.08. The number of aliphatic hydroxyl groups is 1. The Morgan fingerprint density at radius 2 is 2.03 bits per heavy atom. The van der Waals surface area contributed by atoms with E-state index < -0.39 is 12.0 Å². The van der Waals surface area contributed by atoms with Gasteiger partial charge in [-0.3, -0.25) is 14.4 Å². The van der Waals surface area contributed by atoms with Crippen molar-refractivity contribution in [3.05, 3.63) is 48.0 Å². The molecule has 2 amide bonds. The zero-order valence-corrected chi connectivity index (χ0v) is 16.8. The van der Waals surface area contributed by atoms with E-state index in [1.54, 1.807) is 6.92 Å². The molecule has 158 valence electrons. The Kier molecular flexibility index (Phi) is 9.37. The van der Waals surface area contributed by atoms with E-state index >= 15 is 0 Å². The van der Waals surface area contributed by atoms with Crippen molar-refractivity contribution in [1.82, 2.24) is 10.6 Å². The largest absolute Gasteiger partial charge is 0.456 e. The van der Waals surface area contributed by atoms with E-state index in [1.165, 1.54) is 0 Å². The van der Waals surface area contributed by atoms with Crippen molar-refractivity contribution < 1.29 is 24.2 Å². The number of carbonyl (C=O) groups excluding carboxylic acids is 3. The summed E-state index contributed by atoms with van der Waals surface area (Å²) in [6.45, 7) is 1.68. The molecule has 1 heterocycles. The number of ether oxygens (including phenoxy) is 1. The van der Waals surface area contributed by atoms with E-state index in [-0.39, 0.29) is 43.4 Å². The molecule has 3 atom stereocenters. The lowest BCUT2D eigenvalue weighted by molar-refractivity contribution is -0.150. The Hall–Kier alpha value is -2.67. The molecule has 0 saturated heterocycles. The van der Waals surface area contributed by atoms with Crippen molar-refractivity contribution >= 4 is 17.8 Å². The van der Waals surface area contributed by atoms with Gasteiger partial charge in [-0.15, -0.1) is 0 Å². The summed E-state index contributed by atoms with van der Waals surface area (Å²) in [5.41, 5.74) is 0.806. The van der Waals surface area contributed by atoms with Crippen LogP contribution in [0.2, 0.25) is 0 Å². The summed E-state index contributed by atoms with van der Waals surface area (Å²) in [6.07, 6.45) is 5.36. The van der Waals surface area contributed by atoms with Gasteiger partial charge in [0, 0.05) is 18.9 Å². The van der Waals surface area contributed by atoms with Gasteiger partial charge in [-0.2, -0.15) is 0 Å². The minimum absolute atomic E-state index is 0.0241. The Morgan fingerprint density at radius 1 is 1.28 bits per heavy atom. The Balaban J connectivity index is 2.10. The zero-order valence-electron chi connectivity index (χ0n) is 16.8. The molecule has 0 radical (unpaired) electrons. The molecule has 0 fully saturated rings. The third-order valence-electron chi connectivity index (χ3n) is 4.73. The number of amides is 2. The first-order valence-electron chi connectivity index (χ1n) is 10.1. The standard InChI is InChI=1S/C22H30N2O5/c1-16(15-25)24-20(26)13-18-11-5-2-3-8-12-21(27)29-19(14-23-22(18)28)17-9-6-4-7-10-17/h2,4-7,9-10,16,18-19,25H,3,8,11-15H2,1H3,(H,23,28)(H,24,26)/t16-,18-,19+/m1/s1. The predicted octanol–water partition coefficient (Wildman–Crippen LogP) is 2.02. The maximum absolute atomic E-state index is 12.8. The van der Waals surface area contributed by atoms with Crippen LogP contribution in [0.15, 0.2) is 42.5 Å². The molecule has 1 aromatic carbocycles. The number of hydrogen-bond acceptors (Lipinski definition) is 5. The zero-order chi connectivity index (χ0) is 21.1. The first-order chi connectivity index (χ1) is 14.0. The summed E-state index contributed by atoms with van der Waals surface area (Å²) < 4.78 is 5.60. The van der Waals surface area contributed by atoms with E-state index in [1.807, 2.05) is 42.5 Å². The molecule has 1 aliphatic heterocycles. The van der Waals surface area contributed by atoms with Crippen LogP contribution in [0.3, 0.4) is 0 Å². The summed E-state index contributed by atoms with van der Waals surface area (Å²) >= 11 is 0. The second-order valence-electron chi connectivity index (χ2n) is 7.29. The summed E-state index contributed by atoms with van der Waals surface area (Å²) in [4.78, 5) is 37.1. The fraction of sp³-hybridized carbons (Fsp3) is 0.500. The van der Waals surface area contributed by atoms with Crippen LogP contribution in [-0.4, -0.2) is 42.1 Å². The molecule has 0 aliphatic carbocycles. The van der Waals surface area contributed by atoms with Crippen LogP contribution in [0.25, 0.3) is 0 Å². The molecule has 1 aromatic rings. The average Bonchev–Trinajstić information content (AvgIpc) is 2.73. The first-order valence-corrected chi connectivity index (χ1v) is 10.1. The summed E-state index contributed by atoms with van der Waals surface area (Å²) in [7, 11) is 0. The van der Waals surface area contributed by atoms with E-state index in [0.29, 0.717) is 25.7 Å². The molecule has 1 aliphatic rings. The SMILES string of the molecule is C[C@H](CO)NC(=O)C[C@H]1CC=CCCCC(=O)O[C@H](c2ccccc2)CNC1=O. The van der Waals surface area contributed by atoms with Crippen molar-refractivity contribution in [2.24, 2.45) is 5.92 Å². The molecule has 0 spiro atoms. The summed E-state index contributed by atoms with van der Waals surface area (Å²) in [5.74, 6) is -1.38. The molecule has 2 rings (SSSR count). The molecule has 0 unspecified atom stereocenters. The number of benzene rings is 1. The van der Waals surface area contributed by atoms with Crippen LogP contribution >= 0.6 is 0 Å². The molecular formula is C22H30N2O5. The topological polar surface area (TPSA) is 105 Å². The molecule has 7 nitrogen and oxygen atoms in total. The van der Waals surface area contributed by atoms with Gasteiger partial charge in [0.15, 0.2) is 0 Å². The Bertz CT molecular complexity index is 704. The number of carbonyl (C=O) groups is 3. The third kappa shape index (κ3) is 8.07. The third-order valence-corrected chi connectivity index (χ3v) is 4.73. The van der Waals surface area contributed by atoms with Crippen LogP contribution in [0.5, 0.6) is 0 Å². The highest BCUT2D eigenvalue weighted by molar-refractivity contribution is 5.86. The molecule has 7 heteroatoms. The molecule has 0 bridgehead atoms. The van der Waals surface area contributed by atoms with Crippen molar-refractivity contribution in [3.8, 4) is 0 Å². The molecule has 3 N–H and O–H groups in total.